The van der Waals surface area contributed by atoms with Crippen molar-refractivity contribution in [2.24, 2.45) is 0 Å². The van der Waals surface area contributed by atoms with Gasteiger partial charge >= 0.3 is 5.63 Å². The molecule has 0 atom stereocenters. The standard InChI is InChI=1S/C13H14O3S/c1-15-6-7-17-9-11-8-10-4-2-3-5-12(10)16-13(11)14/h2-5,8H,6-7,9H2,1H3. The van der Waals surface area contributed by atoms with Crippen molar-refractivity contribution < 1.29 is 9.15 Å². The Morgan fingerprint density at radius 1 is 1.35 bits per heavy atom. The van der Waals surface area contributed by atoms with Crippen LogP contribution in [0.3, 0.4) is 0 Å². The number of rotatable bonds is 5. The molecule has 3 nitrogen and oxygen atoms in total. The van der Waals surface area contributed by atoms with Crippen LogP contribution >= 0.6 is 11.8 Å². The average molecular weight is 250 g/mol. The number of thioether (sulfide) groups is 1. The number of methoxy groups -OCH3 is 1. The van der Waals surface area contributed by atoms with Crippen molar-refractivity contribution in [1.29, 1.82) is 0 Å². The molecule has 17 heavy (non-hydrogen) atoms. The zero-order valence-corrected chi connectivity index (χ0v) is 10.5. The number of ether oxygens (including phenoxy) is 1. The van der Waals surface area contributed by atoms with Crippen LogP contribution in [0.25, 0.3) is 11.0 Å². The minimum absolute atomic E-state index is 0.242. The number of para-hydroxylation sites is 1. The van der Waals surface area contributed by atoms with Gasteiger partial charge in [-0.3, -0.25) is 0 Å². The highest BCUT2D eigenvalue weighted by Crippen LogP contribution is 2.15. The molecule has 0 unspecified atom stereocenters. The molecule has 1 aromatic carbocycles. The third kappa shape index (κ3) is 3.11. The molecule has 1 heterocycles. The Hall–Kier alpha value is -1.26. The van der Waals surface area contributed by atoms with E-state index in [1.165, 1.54) is 0 Å². The molecule has 0 saturated heterocycles. The molecule has 0 spiro atoms. The predicted octanol–water partition coefficient (Wildman–Crippen LogP) is 2.67. The first-order valence-corrected chi connectivity index (χ1v) is 6.55. The highest BCUT2D eigenvalue weighted by atomic mass is 32.2. The van der Waals surface area contributed by atoms with E-state index in [0.717, 1.165) is 11.1 Å². The number of hydrogen-bond acceptors (Lipinski definition) is 4. The first-order chi connectivity index (χ1) is 8.31. The molecule has 2 aromatic rings. The molecule has 0 N–H and O–H groups in total. The summed E-state index contributed by atoms with van der Waals surface area (Å²) < 4.78 is 10.2. The highest BCUT2D eigenvalue weighted by molar-refractivity contribution is 7.98. The maximum atomic E-state index is 11.7. The Labute approximate surface area is 104 Å². The fourth-order valence-corrected chi connectivity index (χ4v) is 2.38. The maximum Gasteiger partial charge on any atom is 0.340 e. The van der Waals surface area contributed by atoms with Gasteiger partial charge in [0.2, 0.25) is 0 Å². The number of benzene rings is 1. The lowest BCUT2D eigenvalue weighted by Gasteiger charge is -2.02. The monoisotopic (exact) mass is 250 g/mol. The van der Waals surface area contributed by atoms with Crippen molar-refractivity contribution in [2.75, 3.05) is 19.5 Å². The van der Waals surface area contributed by atoms with Crippen LogP contribution in [0.1, 0.15) is 5.56 Å². The molecular weight excluding hydrogens is 236 g/mol. The van der Waals surface area contributed by atoms with Gasteiger partial charge in [0.15, 0.2) is 0 Å². The van der Waals surface area contributed by atoms with Crippen molar-refractivity contribution in [2.45, 2.75) is 5.75 Å². The van der Waals surface area contributed by atoms with E-state index in [1.807, 2.05) is 24.3 Å². The summed E-state index contributed by atoms with van der Waals surface area (Å²) in [7, 11) is 1.67. The summed E-state index contributed by atoms with van der Waals surface area (Å²) >= 11 is 1.67. The first-order valence-electron chi connectivity index (χ1n) is 5.39. The molecule has 90 valence electrons. The summed E-state index contributed by atoms with van der Waals surface area (Å²) in [5, 5.41) is 0.967. The third-order valence-corrected chi connectivity index (χ3v) is 3.37. The zero-order chi connectivity index (χ0) is 12.1. The van der Waals surface area contributed by atoms with Crippen molar-refractivity contribution in [1.82, 2.24) is 0 Å². The van der Waals surface area contributed by atoms with E-state index in [9.17, 15) is 4.79 Å². The molecule has 0 saturated carbocycles. The van der Waals surface area contributed by atoms with Gasteiger partial charge in [-0.25, -0.2) is 4.79 Å². The van der Waals surface area contributed by atoms with Gasteiger partial charge < -0.3 is 9.15 Å². The first kappa shape index (κ1) is 12.2. The van der Waals surface area contributed by atoms with Crippen molar-refractivity contribution in [3.63, 3.8) is 0 Å². The lowest BCUT2D eigenvalue weighted by Crippen LogP contribution is -2.06. The van der Waals surface area contributed by atoms with Crippen molar-refractivity contribution in [3.05, 3.63) is 46.3 Å². The predicted molar refractivity (Wildman–Crippen MR) is 70.5 cm³/mol. The van der Waals surface area contributed by atoms with Crippen molar-refractivity contribution >= 4 is 22.7 Å². The highest BCUT2D eigenvalue weighted by Gasteiger charge is 2.04. The summed E-state index contributed by atoms with van der Waals surface area (Å²) in [4.78, 5) is 11.7. The van der Waals surface area contributed by atoms with Gasteiger partial charge in [0, 0.05) is 29.6 Å². The molecule has 2 rings (SSSR count). The Kier molecular flexibility index (Phi) is 4.23. The molecular formula is C13H14O3S. The van der Waals surface area contributed by atoms with E-state index in [-0.39, 0.29) is 5.63 Å². The third-order valence-electron chi connectivity index (χ3n) is 2.40. The average Bonchev–Trinajstić information content (AvgIpc) is 2.35. The molecule has 0 aliphatic heterocycles. The minimum Gasteiger partial charge on any atom is -0.423 e. The van der Waals surface area contributed by atoms with Crippen LogP contribution in [-0.4, -0.2) is 19.5 Å². The summed E-state index contributed by atoms with van der Waals surface area (Å²) in [6, 6.07) is 9.45. The molecule has 4 heteroatoms. The van der Waals surface area contributed by atoms with E-state index >= 15 is 0 Å². The van der Waals surface area contributed by atoms with Gasteiger partial charge in [0.25, 0.3) is 0 Å². The van der Waals surface area contributed by atoms with Gasteiger partial charge in [-0.2, -0.15) is 11.8 Å². The quantitative estimate of drug-likeness (QED) is 0.604. The molecule has 0 bridgehead atoms. The van der Waals surface area contributed by atoms with Crippen LogP contribution in [-0.2, 0) is 10.5 Å². The molecule has 1 aromatic heterocycles. The largest absolute Gasteiger partial charge is 0.423 e. The van der Waals surface area contributed by atoms with E-state index < -0.39 is 0 Å². The Bertz CT molecular complexity index is 548. The SMILES string of the molecule is COCCSCc1cc2ccccc2oc1=O. The van der Waals surface area contributed by atoms with E-state index in [1.54, 1.807) is 24.9 Å². The molecule has 0 amide bonds. The summed E-state index contributed by atoms with van der Waals surface area (Å²) in [5.74, 6) is 1.54. The van der Waals surface area contributed by atoms with Gasteiger partial charge in [-0.1, -0.05) is 18.2 Å². The number of fused-ring (bicyclic) bond motifs is 1. The minimum atomic E-state index is -0.242. The molecule has 0 aliphatic rings. The molecule has 0 fully saturated rings. The number of hydrogen-bond donors (Lipinski definition) is 0. The van der Waals surface area contributed by atoms with Gasteiger partial charge in [0.05, 0.1) is 6.61 Å². The Morgan fingerprint density at radius 2 is 2.18 bits per heavy atom. The van der Waals surface area contributed by atoms with E-state index in [4.69, 9.17) is 9.15 Å². The second-order valence-electron chi connectivity index (χ2n) is 3.64. The van der Waals surface area contributed by atoms with Crippen molar-refractivity contribution in [3.8, 4) is 0 Å². The van der Waals surface area contributed by atoms with Gasteiger partial charge in [0.1, 0.15) is 5.58 Å². The van der Waals surface area contributed by atoms with Gasteiger partial charge in [-0.05, 0) is 12.1 Å². The fraction of sp³-hybridized carbons (Fsp3) is 0.308. The topological polar surface area (TPSA) is 39.4 Å². The maximum absolute atomic E-state index is 11.7. The van der Waals surface area contributed by atoms with E-state index in [0.29, 0.717) is 23.5 Å². The van der Waals surface area contributed by atoms with Crippen LogP contribution < -0.4 is 5.63 Å². The van der Waals surface area contributed by atoms with Crippen LogP contribution in [0.2, 0.25) is 0 Å². The van der Waals surface area contributed by atoms with Crippen LogP contribution in [0.4, 0.5) is 0 Å². The summed E-state index contributed by atoms with van der Waals surface area (Å²) in [6.07, 6.45) is 0. The second kappa shape index (κ2) is 5.89. The van der Waals surface area contributed by atoms with Crippen LogP contribution in [0.5, 0.6) is 0 Å². The second-order valence-corrected chi connectivity index (χ2v) is 4.75. The lowest BCUT2D eigenvalue weighted by molar-refractivity contribution is 0.218. The molecule has 0 aliphatic carbocycles. The van der Waals surface area contributed by atoms with Crippen LogP contribution in [0, 0.1) is 0 Å². The zero-order valence-electron chi connectivity index (χ0n) is 9.64. The van der Waals surface area contributed by atoms with Gasteiger partial charge in [-0.15, -0.1) is 0 Å². The Morgan fingerprint density at radius 3 is 3.00 bits per heavy atom. The van der Waals surface area contributed by atoms with Crippen LogP contribution in [0.15, 0.2) is 39.5 Å². The molecule has 0 radical (unpaired) electrons. The van der Waals surface area contributed by atoms with E-state index in [2.05, 4.69) is 0 Å². The Balaban J connectivity index is 2.17. The normalized spacial score (nSPS) is 10.9. The lowest BCUT2D eigenvalue weighted by atomic mass is 10.2. The summed E-state index contributed by atoms with van der Waals surface area (Å²) in [6.45, 7) is 0.698. The smallest absolute Gasteiger partial charge is 0.340 e. The fourth-order valence-electron chi connectivity index (χ4n) is 1.53. The summed E-state index contributed by atoms with van der Waals surface area (Å²) in [5.41, 5.74) is 1.11.